The lowest BCUT2D eigenvalue weighted by Gasteiger charge is -2.18. The molecule has 0 radical (unpaired) electrons. The zero-order valence-corrected chi connectivity index (χ0v) is 13.7. The average molecular weight is 314 g/mol. The summed E-state index contributed by atoms with van der Waals surface area (Å²) in [4.78, 5) is 12.6. The lowest BCUT2D eigenvalue weighted by molar-refractivity contribution is 0.0935. The Morgan fingerprint density at radius 1 is 1.29 bits per heavy atom. The van der Waals surface area contributed by atoms with Gasteiger partial charge in [-0.05, 0) is 37.1 Å². The van der Waals surface area contributed by atoms with Crippen LogP contribution in [0.5, 0.6) is 11.5 Å². The fourth-order valence-electron chi connectivity index (χ4n) is 2.24. The summed E-state index contributed by atoms with van der Waals surface area (Å²) in [6.45, 7) is 7.46. The van der Waals surface area contributed by atoms with Gasteiger partial charge in [-0.25, -0.2) is 0 Å². The van der Waals surface area contributed by atoms with Crippen LogP contribution in [0.25, 0.3) is 0 Å². The van der Waals surface area contributed by atoms with E-state index in [9.17, 15) is 4.79 Å². The summed E-state index contributed by atoms with van der Waals surface area (Å²) in [6.07, 6.45) is 1.83. The third-order valence-electron chi connectivity index (χ3n) is 3.32. The molecular formula is C16H24ClNO3. The highest BCUT2D eigenvalue weighted by Crippen LogP contribution is 2.32. The molecule has 0 spiro atoms. The Kier molecular flexibility index (Phi) is 6.99. The first-order valence-corrected chi connectivity index (χ1v) is 7.29. The molecule has 0 saturated carbocycles. The van der Waals surface area contributed by atoms with Crippen molar-refractivity contribution in [2.24, 2.45) is 5.92 Å². The van der Waals surface area contributed by atoms with Crippen LogP contribution in [-0.4, -0.2) is 25.2 Å². The summed E-state index contributed by atoms with van der Waals surface area (Å²) in [5, 5.41) is 3.36. The van der Waals surface area contributed by atoms with Crippen molar-refractivity contribution in [3.63, 3.8) is 0 Å². The van der Waals surface area contributed by atoms with Crippen LogP contribution in [0, 0.1) is 5.92 Å². The number of ketones is 1. The predicted molar refractivity (Wildman–Crippen MR) is 85.7 cm³/mol. The Morgan fingerprint density at radius 2 is 2.00 bits per heavy atom. The Labute approximate surface area is 132 Å². The number of Topliss-reactive ketones (excluding diaryl/α,β-unsaturated/α-hetero) is 1. The van der Waals surface area contributed by atoms with Crippen molar-refractivity contribution < 1.29 is 14.3 Å². The maximum atomic E-state index is 12.6. The minimum atomic E-state index is -0.122. The number of fused-ring (bicyclic) bond motifs is 1. The molecule has 5 heteroatoms. The number of carbonyl (C=O) groups excluding carboxylic acids is 1. The van der Waals surface area contributed by atoms with Crippen LogP contribution in [0.3, 0.4) is 0 Å². The summed E-state index contributed by atoms with van der Waals surface area (Å²) in [6, 6.07) is 5.28. The molecule has 0 amide bonds. The van der Waals surface area contributed by atoms with E-state index < -0.39 is 0 Å². The molecule has 1 aromatic rings. The Hall–Kier alpha value is -1.26. The molecule has 1 atom stereocenters. The molecule has 0 bridgehead atoms. The average Bonchev–Trinajstić information content (AvgIpc) is 2.89. The van der Waals surface area contributed by atoms with Gasteiger partial charge in [0.2, 0.25) is 6.79 Å². The molecule has 1 N–H and O–H groups in total. The van der Waals surface area contributed by atoms with Gasteiger partial charge in [0, 0.05) is 5.56 Å². The predicted octanol–water partition coefficient (Wildman–Crippen LogP) is 3.43. The van der Waals surface area contributed by atoms with E-state index in [2.05, 4.69) is 26.1 Å². The van der Waals surface area contributed by atoms with Crippen LogP contribution in [0.4, 0.5) is 0 Å². The zero-order chi connectivity index (χ0) is 14.5. The van der Waals surface area contributed by atoms with Gasteiger partial charge in [0.25, 0.3) is 0 Å². The number of halogens is 1. The minimum absolute atomic E-state index is 0. The summed E-state index contributed by atoms with van der Waals surface area (Å²) >= 11 is 0. The smallest absolute Gasteiger partial charge is 0.231 e. The minimum Gasteiger partial charge on any atom is -0.454 e. The Balaban J connectivity index is 0.00000220. The van der Waals surface area contributed by atoms with Gasteiger partial charge in [-0.15, -0.1) is 12.4 Å². The Bertz CT molecular complexity index is 477. The molecule has 1 aliphatic rings. The van der Waals surface area contributed by atoms with Gasteiger partial charge in [-0.3, -0.25) is 4.79 Å². The van der Waals surface area contributed by atoms with E-state index in [1.807, 2.05) is 6.07 Å². The molecular weight excluding hydrogens is 290 g/mol. The second-order valence-corrected chi connectivity index (χ2v) is 5.58. The topological polar surface area (TPSA) is 47.6 Å². The molecule has 118 valence electrons. The molecule has 4 nitrogen and oxygen atoms in total. The molecule has 0 aliphatic carbocycles. The lowest BCUT2D eigenvalue weighted by atomic mass is 9.99. The maximum Gasteiger partial charge on any atom is 0.231 e. The number of hydrogen-bond donors (Lipinski definition) is 1. The van der Waals surface area contributed by atoms with E-state index >= 15 is 0 Å². The Morgan fingerprint density at radius 3 is 2.67 bits per heavy atom. The summed E-state index contributed by atoms with van der Waals surface area (Å²) in [5.74, 6) is 2.03. The van der Waals surface area contributed by atoms with E-state index in [1.54, 1.807) is 12.1 Å². The van der Waals surface area contributed by atoms with Gasteiger partial charge < -0.3 is 14.8 Å². The first-order chi connectivity index (χ1) is 9.61. The SMILES string of the molecule is CCCC(NCC(C)C)C(=O)c1ccc2c(c1)OCO2.Cl. The summed E-state index contributed by atoms with van der Waals surface area (Å²) < 4.78 is 10.6. The maximum absolute atomic E-state index is 12.6. The molecule has 1 unspecified atom stereocenters. The second-order valence-electron chi connectivity index (χ2n) is 5.58. The van der Waals surface area contributed by atoms with Gasteiger partial charge in [0.05, 0.1) is 6.04 Å². The zero-order valence-electron chi connectivity index (χ0n) is 12.8. The van der Waals surface area contributed by atoms with E-state index in [4.69, 9.17) is 9.47 Å². The van der Waals surface area contributed by atoms with Crippen molar-refractivity contribution in [3.8, 4) is 11.5 Å². The van der Waals surface area contributed by atoms with Crippen LogP contribution >= 0.6 is 12.4 Å². The second kappa shape index (κ2) is 8.25. The normalized spacial score (nSPS) is 13.9. The molecule has 1 heterocycles. The van der Waals surface area contributed by atoms with E-state index in [0.717, 1.165) is 19.4 Å². The van der Waals surface area contributed by atoms with Crippen LogP contribution in [0.15, 0.2) is 18.2 Å². The van der Waals surface area contributed by atoms with Gasteiger partial charge >= 0.3 is 0 Å². The van der Waals surface area contributed by atoms with E-state index in [1.165, 1.54) is 0 Å². The summed E-state index contributed by atoms with van der Waals surface area (Å²) in [7, 11) is 0. The van der Waals surface area contributed by atoms with Crippen molar-refractivity contribution in [2.45, 2.75) is 39.7 Å². The third-order valence-corrected chi connectivity index (χ3v) is 3.32. The number of hydrogen-bond acceptors (Lipinski definition) is 4. The van der Waals surface area contributed by atoms with Crippen LogP contribution in [-0.2, 0) is 0 Å². The molecule has 1 aromatic carbocycles. The molecule has 2 rings (SSSR count). The van der Waals surface area contributed by atoms with Crippen molar-refractivity contribution in [2.75, 3.05) is 13.3 Å². The van der Waals surface area contributed by atoms with Crippen molar-refractivity contribution in [1.82, 2.24) is 5.32 Å². The number of ether oxygens (including phenoxy) is 2. The fourth-order valence-corrected chi connectivity index (χ4v) is 2.24. The molecule has 0 fully saturated rings. The number of nitrogens with one attached hydrogen (secondary N) is 1. The van der Waals surface area contributed by atoms with Crippen molar-refractivity contribution in [1.29, 1.82) is 0 Å². The van der Waals surface area contributed by atoms with Crippen molar-refractivity contribution in [3.05, 3.63) is 23.8 Å². The lowest BCUT2D eigenvalue weighted by Crippen LogP contribution is -2.38. The molecule has 0 saturated heterocycles. The summed E-state index contributed by atoms with van der Waals surface area (Å²) in [5.41, 5.74) is 0.684. The highest BCUT2D eigenvalue weighted by molar-refractivity contribution is 6.00. The van der Waals surface area contributed by atoms with E-state index in [0.29, 0.717) is 23.0 Å². The number of benzene rings is 1. The molecule has 21 heavy (non-hydrogen) atoms. The quantitative estimate of drug-likeness (QED) is 0.783. The number of carbonyl (C=O) groups is 1. The standard InChI is InChI=1S/C16H23NO3.ClH/c1-4-5-13(17-9-11(2)3)16(18)12-6-7-14-15(8-12)20-10-19-14;/h6-8,11,13,17H,4-5,9-10H2,1-3H3;1H. The van der Waals surface area contributed by atoms with Crippen LogP contribution in [0.2, 0.25) is 0 Å². The molecule has 1 aliphatic heterocycles. The first-order valence-electron chi connectivity index (χ1n) is 7.29. The third kappa shape index (κ3) is 4.61. The highest BCUT2D eigenvalue weighted by Gasteiger charge is 2.22. The van der Waals surface area contributed by atoms with Gasteiger partial charge in [0.1, 0.15) is 0 Å². The first kappa shape index (κ1) is 17.8. The number of rotatable bonds is 7. The van der Waals surface area contributed by atoms with E-state index in [-0.39, 0.29) is 31.0 Å². The van der Waals surface area contributed by atoms with Gasteiger partial charge in [-0.2, -0.15) is 0 Å². The fraction of sp³-hybridized carbons (Fsp3) is 0.562. The molecule has 0 aromatic heterocycles. The van der Waals surface area contributed by atoms with Gasteiger partial charge in [0.15, 0.2) is 17.3 Å². The highest BCUT2D eigenvalue weighted by atomic mass is 35.5. The van der Waals surface area contributed by atoms with Crippen LogP contribution < -0.4 is 14.8 Å². The largest absolute Gasteiger partial charge is 0.454 e. The monoisotopic (exact) mass is 313 g/mol. The van der Waals surface area contributed by atoms with Crippen LogP contribution in [0.1, 0.15) is 44.0 Å². The van der Waals surface area contributed by atoms with Gasteiger partial charge in [-0.1, -0.05) is 27.2 Å². The van der Waals surface area contributed by atoms with Crippen molar-refractivity contribution >= 4 is 18.2 Å².